The maximum atomic E-state index is 5.94. The summed E-state index contributed by atoms with van der Waals surface area (Å²) in [7, 11) is 1.68. The molecule has 0 aliphatic rings. The minimum atomic E-state index is 0. The highest BCUT2D eigenvalue weighted by atomic mass is 35.5. The quantitative estimate of drug-likeness (QED) is 0.530. The SMILES string of the molecule is CCNCCCNCc1ccc(OCc2cccc(C)c2)c(OC)c1.Cl.Cl. The highest BCUT2D eigenvalue weighted by Crippen LogP contribution is 2.28. The largest absolute Gasteiger partial charge is 0.493 e. The van der Waals surface area contributed by atoms with Crippen LogP contribution < -0.4 is 20.1 Å². The number of hydrogen-bond acceptors (Lipinski definition) is 4. The Morgan fingerprint density at radius 1 is 0.889 bits per heavy atom. The van der Waals surface area contributed by atoms with Crippen LogP contribution in [0.4, 0.5) is 0 Å². The van der Waals surface area contributed by atoms with E-state index in [-0.39, 0.29) is 24.8 Å². The van der Waals surface area contributed by atoms with Crippen LogP contribution in [0.5, 0.6) is 11.5 Å². The fourth-order valence-electron chi connectivity index (χ4n) is 2.65. The van der Waals surface area contributed by atoms with Crippen molar-refractivity contribution < 1.29 is 9.47 Å². The molecule has 0 bridgehead atoms. The summed E-state index contributed by atoms with van der Waals surface area (Å²) < 4.78 is 11.4. The first-order valence-corrected chi connectivity index (χ1v) is 8.99. The summed E-state index contributed by atoms with van der Waals surface area (Å²) in [6, 6.07) is 14.5. The predicted octanol–water partition coefficient (Wildman–Crippen LogP) is 4.52. The third kappa shape index (κ3) is 9.34. The molecule has 0 aliphatic carbocycles. The molecule has 0 saturated carbocycles. The van der Waals surface area contributed by atoms with E-state index in [2.05, 4.69) is 54.8 Å². The normalized spacial score (nSPS) is 9.89. The van der Waals surface area contributed by atoms with Crippen LogP contribution in [0, 0.1) is 6.92 Å². The Hall–Kier alpha value is -1.46. The number of methoxy groups -OCH3 is 1. The summed E-state index contributed by atoms with van der Waals surface area (Å²) in [6.07, 6.45) is 1.13. The molecule has 0 saturated heterocycles. The topological polar surface area (TPSA) is 42.5 Å². The van der Waals surface area contributed by atoms with E-state index in [4.69, 9.17) is 9.47 Å². The van der Waals surface area contributed by atoms with Crippen LogP contribution in [0.1, 0.15) is 30.0 Å². The zero-order chi connectivity index (χ0) is 17.9. The first kappa shape index (κ1) is 25.5. The van der Waals surface area contributed by atoms with Gasteiger partial charge in [0, 0.05) is 6.54 Å². The van der Waals surface area contributed by atoms with E-state index in [1.807, 2.05) is 12.1 Å². The Balaban J connectivity index is 0.00000338. The third-order valence-electron chi connectivity index (χ3n) is 3.99. The molecule has 2 aromatic carbocycles. The van der Waals surface area contributed by atoms with Crippen LogP contribution >= 0.6 is 24.8 Å². The Bertz CT molecular complexity index is 654. The maximum absolute atomic E-state index is 5.94. The Labute approximate surface area is 175 Å². The third-order valence-corrected chi connectivity index (χ3v) is 3.99. The molecular formula is C21H32Cl2N2O2. The smallest absolute Gasteiger partial charge is 0.161 e. The summed E-state index contributed by atoms with van der Waals surface area (Å²) in [5.41, 5.74) is 3.60. The lowest BCUT2D eigenvalue weighted by Crippen LogP contribution is -2.21. The first-order chi connectivity index (χ1) is 12.2. The monoisotopic (exact) mass is 414 g/mol. The van der Waals surface area contributed by atoms with Gasteiger partial charge in [-0.3, -0.25) is 0 Å². The molecular weight excluding hydrogens is 383 g/mol. The van der Waals surface area contributed by atoms with Gasteiger partial charge >= 0.3 is 0 Å². The molecule has 4 nitrogen and oxygen atoms in total. The molecule has 2 rings (SSSR count). The van der Waals surface area contributed by atoms with E-state index in [0.717, 1.165) is 49.7 Å². The predicted molar refractivity (Wildman–Crippen MR) is 118 cm³/mol. The number of benzene rings is 2. The van der Waals surface area contributed by atoms with Gasteiger partial charge in [-0.25, -0.2) is 0 Å². The van der Waals surface area contributed by atoms with Crippen molar-refractivity contribution in [3.05, 3.63) is 59.2 Å². The molecule has 6 heteroatoms. The minimum absolute atomic E-state index is 0. The second kappa shape index (κ2) is 14.6. The number of rotatable bonds is 11. The Morgan fingerprint density at radius 2 is 1.67 bits per heavy atom. The molecule has 0 aliphatic heterocycles. The van der Waals surface area contributed by atoms with E-state index < -0.39 is 0 Å². The van der Waals surface area contributed by atoms with Crippen LogP contribution in [0.2, 0.25) is 0 Å². The molecule has 0 fully saturated rings. The molecule has 0 amide bonds. The van der Waals surface area contributed by atoms with Crippen molar-refractivity contribution in [1.29, 1.82) is 0 Å². The second-order valence-electron chi connectivity index (χ2n) is 6.15. The summed E-state index contributed by atoms with van der Waals surface area (Å²) in [5.74, 6) is 1.56. The molecule has 0 heterocycles. The molecule has 2 aromatic rings. The van der Waals surface area contributed by atoms with E-state index in [9.17, 15) is 0 Å². The van der Waals surface area contributed by atoms with Gasteiger partial charge in [0.2, 0.25) is 0 Å². The Morgan fingerprint density at radius 3 is 2.37 bits per heavy atom. The van der Waals surface area contributed by atoms with Gasteiger partial charge in [-0.05, 0) is 56.2 Å². The van der Waals surface area contributed by atoms with Gasteiger partial charge in [-0.15, -0.1) is 24.8 Å². The average molecular weight is 415 g/mol. The molecule has 0 radical (unpaired) electrons. The van der Waals surface area contributed by atoms with E-state index >= 15 is 0 Å². The number of aryl methyl sites for hydroxylation is 1. The zero-order valence-electron chi connectivity index (χ0n) is 16.4. The van der Waals surface area contributed by atoms with Crippen molar-refractivity contribution in [3.63, 3.8) is 0 Å². The molecule has 27 heavy (non-hydrogen) atoms. The highest BCUT2D eigenvalue weighted by Gasteiger charge is 2.06. The van der Waals surface area contributed by atoms with Crippen molar-refractivity contribution in [2.75, 3.05) is 26.7 Å². The van der Waals surface area contributed by atoms with Crippen LogP contribution in [-0.2, 0) is 13.2 Å². The first-order valence-electron chi connectivity index (χ1n) is 8.99. The van der Waals surface area contributed by atoms with Crippen molar-refractivity contribution in [2.24, 2.45) is 0 Å². The second-order valence-corrected chi connectivity index (χ2v) is 6.15. The van der Waals surface area contributed by atoms with Gasteiger partial charge in [0.25, 0.3) is 0 Å². The summed E-state index contributed by atoms with van der Waals surface area (Å²) in [4.78, 5) is 0. The van der Waals surface area contributed by atoms with Gasteiger partial charge in [-0.2, -0.15) is 0 Å². The molecule has 0 spiro atoms. The van der Waals surface area contributed by atoms with Crippen LogP contribution in [0.25, 0.3) is 0 Å². The summed E-state index contributed by atoms with van der Waals surface area (Å²) >= 11 is 0. The van der Waals surface area contributed by atoms with Gasteiger partial charge in [-0.1, -0.05) is 42.8 Å². The fourth-order valence-corrected chi connectivity index (χ4v) is 2.65. The van der Waals surface area contributed by atoms with Crippen LogP contribution in [-0.4, -0.2) is 26.7 Å². The van der Waals surface area contributed by atoms with Gasteiger partial charge in [0.05, 0.1) is 7.11 Å². The van der Waals surface area contributed by atoms with Crippen LogP contribution in [0.3, 0.4) is 0 Å². The molecule has 2 N–H and O–H groups in total. The standard InChI is InChI=1S/C21H30N2O2.2ClH/c1-4-22-11-6-12-23-15-18-9-10-20(21(14-18)24-3)25-16-19-8-5-7-17(2)13-19;;/h5,7-10,13-14,22-23H,4,6,11-12,15-16H2,1-3H3;2*1H. The van der Waals surface area contributed by atoms with E-state index in [0.29, 0.717) is 6.61 Å². The van der Waals surface area contributed by atoms with E-state index in [1.54, 1.807) is 7.11 Å². The highest BCUT2D eigenvalue weighted by molar-refractivity contribution is 5.85. The zero-order valence-corrected chi connectivity index (χ0v) is 18.1. The number of hydrogen-bond donors (Lipinski definition) is 2. The number of halogens is 2. The summed E-state index contributed by atoms with van der Waals surface area (Å²) in [5, 5.41) is 6.79. The minimum Gasteiger partial charge on any atom is -0.493 e. The van der Waals surface area contributed by atoms with Crippen molar-refractivity contribution in [1.82, 2.24) is 10.6 Å². The van der Waals surface area contributed by atoms with Gasteiger partial charge in [0.1, 0.15) is 6.61 Å². The van der Waals surface area contributed by atoms with Gasteiger partial charge < -0.3 is 20.1 Å². The van der Waals surface area contributed by atoms with Crippen molar-refractivity contribution in [3.8, 4) is 11.5 Å². The molecule has 0 atom stereocenters. The van der Waals surface area contributed by atoms with Crippen molar-refractivity contribution >= 4 is 24.8 Å². The maximum Gasteiger partial charge on any atom is 0.161 e. The molecule has 0 unspecified atom stereocenters. The summed E-state index contributed by atoms with van der Waals surface area (Å²) in [6.45, 7) is 8.67. The van der Waals surface area contributed by atoms with Crippen molar-refractivity contribution in [2.45, 2.75) is 33.4 Å². The fraction of sp³-hybridized carbons (Fsp3) is 0.429. The lowest BCUT2D eigenvalue weighted by Gasteiger charge is -2.13. The van der Waals surface area contributed by atoms with E-state index in [1.165, 1.54) is 11.1 Å². The van der Waals surface area contributed by atoms with Gasteiger partial charge in [0.15, 0.2) is 11.5 Å². The average Bonchev–Trinajstić information content (AvgIpc) is 2.63. The Kier molecular flexibility index (Phi) is 13.8. The lowest BCUT2D eigenvalue weighted by atomic mass is 10.1. The molecule has 152 valence electrons. The molecule has 0 aromatic heterocycles. The van der Waals surface area contributed by atoms with Crippen LogP contribution in [0.15, 0.2) is 42.5 Å². The lowest BCUT2D eigenvalue weighted by molar-refractivity contribution is 0.284. The number of nitrogens with one attached hydrogen (secondary N) is 2. The number of ether oxygens (including phenoxy) is 2.